The minimum absolute atomic E-state index is 0.0661. The van der Waals surface area contributed by atoms with Gasteiger partial charge in [0.1, 0.15) is 0 Å². The Balaban J connectivity index is 1.92. The Bertz CT molecular complexity index is 480. The van der Waals surface area contributed by atoms with E-state index in [1.165, 1.54) is 6.42 Å². The number of likely N-dealkylation sites (N-methyl/N-ethyl adjacent to an activating group) is 2. The van der Waals surface area contributed by atoms with E-state index in [2.05, 4.69) is 24.3 Å². The monoisotopic (exact) mass is 290 g/mol. The molecular weight excluding hydrogens is 264 g/mol. The van der Waals surface area contributed by atoms with Gasteiger partial charge in [0.05, 0.1) is 0 Å². The first-order valence-corrected chi connectivity index (χ1v) is 7.45. The van der Waals surface area contributed by atoms with Crippen molar-refractivity contribution in [2.24, 2.45) is 5.73 Å². The van der Waals surface area contributed by atoms with Crippen molar-refractivity contribution in [3.8, 4) is 0 Å². The van der Waals surface area contributed by atoms with Crippen LogP contribution in [0.15, 0.2) is 24.3 Å². The van der Waals surface area contributed by atoms with Gasteiger partial charge in [0.25, 0.3) is 0 Å². The topological polar surface area (TPSA) is 61.6 Å². The molecule has 0 saturated heterocycles. The van der Waals surface area contributed by atoms with Crippen molar-refractivity contribution >= 4 is 11.7 Å². The van der Waals surface area contributed by atoms with E-state index in [1.807, 2.05) is 31.3 Å². The van der Waals surface area contributed by atoms with Crippen LogP contribution in [0.2, 0.25) is 0 Å². The number of hydrogen-bond donors (Lipinski definition) is 2. The predicted octanol–water partition coefficient (Wildman–Crippen LogP) is 2.09. The van der Waals surface area contributed by atoms with E-state index in [1.54, 1.807) is 4.90 Å². The number of urea groups is 1. The van der Waals surface area contributed by atoms with Gasteiger partial charge in [-0.15, -0.1) is 0 Å². The average molecular weight is 290 g/mol. The summed E-state index contributed by atoms with van der Waals surface area (Å²) in [6.45, 7) is 1.27. The zero-order valence-electron chi connectivity index (χ0n) is 13.2. The lowest BCUT2D eigenvalue weighted by Crippen LogP contribution is -2.57. The van der Waals surface area contributed by atoms with E-state index in [-0.39, 0.29) is 11.6 Å². The summed E-state index contributed by atoms with van der Waals surface area (Å²) in [4.78, 5) is 16.3. The molecule has 0 atom stereocenters. The van der Waals surface area contributed by atoms with Gasteiger partial charge < -0.3 is 20.9 Å². The molecule has 0 spiro atoms. The van der Waals surface area contributed by atoms with E-state index in [4.69, 9.17) is 5.73 Å². The number of nitrogens with zero attached hydrogens (tertiary/aromatic N) is 2. The molecule has 116 valence electrons. The highest BCUT2D eigenvalue weighted by Crippen LogP contribution is 2.36. The maximum Gasteiger partial charge on any atom is 0.321 e. The van der Waals surface area contributed by atoms with Gasteiger partial charge in [0, 0.05) is 31.4 Å². The van der Waals surface area contributed by atoms with Crippen LogP contribution in [0, 0.1) is 0 Å². The van der Waals surface area contributed by atoms with Crippen LogP contribution in [0.25, 0.3) is 0 Å². The summed E-state index contributed by atoms with van der Waals surface area (Å²) in [6, 6.07) is 7.58. The Morgan fingerprint density at radius 3 is 2.29 bits per heavy atom. The zero-order valence-corrected chi connectivity index (χ0v) is 13.2. The fourth-order valence-corrected chi connectivity index (χ4v) is 2.79. The standard InChI is InChI=1S/C16H26N4O/c1-19(2)16(9-4-10-16)12-20(3)15(21)18-14-7-5-13(11-17)6-8-14/h5-8H,4,9-12,17H2,1-3H3,(H,18,21). The van der Waals surface area contributed by atoms with Crippen LogP contribution in [0.5, 0.6) is 0 Å². The van der Waals surface area contributed by atoms with Gasteiger partial charge in [0.15, 0.2) is 0 Å². The molecular formula is C16H26N4O. The highest BCUT2D eigenvalue weighted by Gasteiger charge is 2.40. The van der Waals surface area contributed by atoms with E-state index >= 15 is 0 Å². The van der Waals surface area contributed by atoms with Gasteiger partial charge in [-0.3, -0.25) is 0 Å². The van der Waals surface area contributed by atoms with Gasteiger partial charge in [0.2, 0.25) is 0 Å². The van der Waals surface area contributed by atoms with Crippen molar-refractivity contribution in [1.82, 2.24) is 9.80 Å². The third-order valence-electron chi connectivity index (χ3n) is 4.55. The quantitative estimate of drug-likeness (QED) is 0.873. The smallest absolute Gasteiger partial charge is 0.321 e. The molecule has 0 aromatic heterocycles. The summed E-state index contributed by atoms with van der Waals surface area (Å²) < 4.78 is 0. The normalized spacial score (nSPS) is 16.4. The first-order valence-electron chi connectivity index (χ1n) is 7.45. The second kappa shape index (κ2) is 6.45. The molecule has 1 saturated carbocycles. The molecule has 0 heterocycles. The number of rotatable bonds is 5. The Labute approximate surface area is 127 Å². The Hall–Kier alpha value is -1.59. The van der Waals surface area contributed by atoms with Crippen LogP contribution in [0.4, 0.5) is 10.5 Å². The summed E-state index contributed by atoms with van der Waals surface area (Å²) in [5.41, 5.74) is 7.58. The molecule has 0 aliphatic heterocycles. The maximum atomic E-state index is 12.3. The number of carbonyl (C=O) groups excluding carboxylic acids is 1. The Kier molecular flexibility index (Phi) is 4.85. The Morgan fingerprint density at radius 1 is 1.24 bits per heavy atom. The average Bonchev–Trinajstić information content (AvgIpc) is 2.42. The lowest BCUT2D eigenvalue weighted by molar-refractivity contribution is 0.0379. The number of nitrogens with two attached hydrogens (primary N) is 1. The molecule has 5 nitrogen and oxygen atoms in total. The number of benzene rings is 1. The molecule has 2 rings (SSSR count). The van der Waals surface area contributed by atoms with Crippen molar-refractivity contribution in [3.05, 3.63) is 29.8 Å². The van der Waals surface area contributed by atoms with Crippen molar-refractivity contribution < 1.29 is 4.79 Å². The molecule has 2 amide bonds. The van der Waals surface area contributed by atoms with Crippen molar-refractivity contribution in [3.63, 3.8) is 0 Å². The molecule has 21 heavy (non-hydrogen) atoms. The van der Waals surface area contributed by atoms with Gasteiger partial charge in [-0.1, -0.05) is 12.1 Å². The third-order valence-corrected chi connectivity index (χ3v) is 4.55. The molecule has 1 fully saturated rings. The number of nitrogens with one attached hydrogen (secondary N) is 1. The third kappa shape index (κ3) is 3.54. The second-order valence-electron chi connectivity index (χ2n) is 6.16. The van der Waals surface area contributed by atoms with Crippen LogP contribution in [-0.2, 0) is 6.54 Å². The Morgan fingerprint density at radius 2 is 1.86 bits per heavy atom. The second-order valence-corrected chi connectivity index (χ2v) is 6.16. The molecule has 0 bridgehead atoms. The van der Waals surface area contributed by atoms with Crippen molar-refractivity contribution in [2.75, 3.05) is 33.0 Å². The van der Waals surface area contributed by atoms with E-state index in [0.29, 0.717) is 6.54 Å². The van der Waals surface area contributed by atoms with Gasteiger partial charge in [-0.25, -0.2) is 4.79 Å². The number of carbonyl (C=O) groups is 1. The highest BCUT2D eigenvalue weighted by atomic mass is 16.2. The molecule has 0 radical (unpaired) electrons. The number of hydrogen-bond acceptors (Lipinski definition) is 3. The van der Waals surface area contributed by atoms with Crippen LogP contribution in [0.1, 0.15) is 24.8 Å². The minimum Gasteiger partial charge on any atom is -0.326 e. The van der Waals surface area contributed by atoms with E-state index in [9.17, 15) is 4.79 Å². The van der Waals surface area contributed by atoms with Gasteiger partial charge >= 0.3 is 6.03 Å². The lowest BCUT2D eigenvalue weighted by Gasteiger charge is -2.49. The van der Waals surface area contributed by atoms with Crippen molar-refractivity contribution in [1.29, 1.82) is 0 Å². The maximum absolute atomic E-state index is 12.3. The molecule has 0 unspecified atom stereocenters. The fourth-order valence-electron chi connectivity index (χ4n) is 2.79. The summed E-state index contributed by atoms with van der Waals surface area (Å²) in [5, 5.41) is 2.93. The zero-order chi connectivity index (χ0) is 15.5. The van der Waals surface area contributed by atoms with Crippen LogP contribution < -0.4 is 11.1 Å². The molecule has 1 aromatic rings. The van der Waals surface area contributed by atoms with Crippen LogP contribution in [-0.4, -0.2) is 49.1 Å². The molecule has 1 aliphatic carbocycles. The first-order chi connectivity index (χ1) is 9.97. The number of anilines is 1. The van der Waals surface area contributed by atoms with Crippen molar-refractivity contribution in [2.45, 2.75) is 31.3 Å². The van der Waals surface area contributed by atoms with Crippen LogP contribution in [0.3, 0.4) is 0 Å². The van der Waals surface area contributed by atoms with Gasteiger partial charge in [-0.2, -0.15) is 0 Å². The van der Waals surface area contributed by atoms with E-state index in [0.717, 1.165) is 30.6 Å². The number of amides is 2. The summed E-state index contributed by atoms with van der Waals surface area (Å²) in [7, 11) is 6.04. The minimum atomic E-state index is -0.0661. The first kappa shape index (κ1) is 15.8. The largest absolute Gasteiger partial charge is 0.326 e. The van der Waals surface area contributed by atoms with Crippen LogP contribution >= 0.6 is 0 Å². The SMILES string of the molecule is CN(CC1(N(C)C)CCC1)C(=O)Nc1ccc(CN)cc1. The summed E-state index contributed by atoms with van der Waals surface area (Å²) >= 11 is 0. The summed E-state index contributed by atoms with van der Waals surface area (Å²) in [6.07, 6.45) is 3.56. The molecule has 3 N–H and O–H groups in total. The van der Waals surface area contributed by atoms with E-state index < -0.39 is 0 Å². The summed E-state index contributed by atoms with van der Waals surface area (Å²) in [5.74, 6) is 0. The van der Waals surface area contributed by atoms with Gasteiger partial charge in [-0.05, 0) is 51.1 Å². The molecule has 5 heteroatoms. The fraction of sp³-hybridized carbons (Fsp3) is 0.562. The predicted molar refractivity (Wildman–Crippen MR) is 86.3 cm³/mol. The lowest BCUT2D eigenvalue weighted by atomic mass is 9.75. The molecule has 1 aromatic carbocycles. The molecule has 1 aliphatic rings. The highest BCUT2D eigenvalue weighted by molar-refractivity contribution is 5.89.